The molecule has 0 radical (unpaired) electrons. The highest BCUT2D eigenvalue weighted by molar-refractivity contribution is 9.10. The number of nitrogens with zero attached hydrogens (tertiary/aromatic N) is 1. The minimum Gasteiger partial charge on any atom is -0.374 e. The number of hydrogen-bond acceptors (Lipinski definition) is 2. The molecule has 1 aromatic rings. The second-order valence-electron chi connectivity index (χ2n) is 3.70. The van der Waals surface area contributed by atoms with Crippen LogP contribution < -0.4 is 10.6 Å². The van der Waals surface area contributed by atoms with E-state index in [0.29, 0.717) is 5.92 Å². The summed E-state index contributed by atoms with van der Waals surface area (Å²) in [6.07, 6.45) is 0. The van der Waals surface area contributed by atoms with Gasteiger partial charge in [-0.15, -0.1) is 0 Å². The summed E-state index contributed by atoms with van der Waals surface area (Å²) in [7, 11) is 2.09. The standard InChI is InChI=1S/C11H17BrN2/c1-9(7-13)8-14(2)11-5-3-10(12)4-6-11/h3-6,9H,7-8,13H2,1-2H3. The Balaban J connectivity index is 2.60. The summed E-state index contributed by atoms with van der Waals surface area (Å²) in [5.41, 5.74) is 6.82. The van der Waals surface area contributed by atoms with Crippen LogP contribution in [0.3, 0.4) is 0 Å². The third-order valence-corrected chi connectivity index (χ3v) is 2.78. The van der Waals surface area contributed by atoms with Gasteiger partial charge in [-0.1, -0.05) is 22.9 Å². The lowest BCUT2D eigenvalue weighted by Gasteiger charge is -2.22. The van der Waals surface area contributed by atoms with E-state index < -0.39 is 0 Å². The monoisotopic (exact) mass is 256 g/mol. The minimum atomic E-state index is 0.531. The molecule has 0 fully saturated rings. The van der Waals surface area contributed by atoms with E-state index >= 15 is 0 Å². The lowest BCUT2D eigenvalue weighted by molar-refractivity contribution is 0.590. The summed E-state index contributed by atoms with van der Waals surface area (Å²) >= 11 is 3.42. The highest BCUT2D eigenvalue weighted by Crippen LogP contribution is 2.17. The summed E-state index contributed by atoms with van der Waals surface area (Å²) in [6, 6.07) is 8.32. The maximum Gasteiger partial charge on any atom is 0.0364 e. The number of hydrogen-bond donors (Lipinski definition) is 1. The lowest BCUT2D eigenvalue weighted by Crippen LogP contribution is -2.28. The van der Waals surface area contributed by atoms with Crippen LogP contribution in [0.5, 0.6) is 0 Å². The number of benzene rings is 1. The summed E-state index contributed by atoms with van der Waals surface area (Å²) in [6.45, 7) is 3.90. The quantitative estimate of drug-likeness (QED) is 0.897. The van der Waals surface area contributed by atoms with Gasteiger partial charge >= 0.3 is 0 Å². The molecule has 2 N–H and O–H groups in total. The molecule has 1 rings (SSSR count). The van der Waals surface area contributed by atoms with E-state index in [9.17, 15) is 0 Å². The number of anilines is 1. The Bertz CT molecular complexity index is 271. The predicted octanol–water partition coefficient (Wildman–Crippen LogP) is 2.48. The molecular weight excluding hydrogens is 240 g/mol. The Hall–Kier alpha value is -0.540. The van der Waals surface area contributed by atoms with Gasteiger partial charge in [-0.25, -0.2) is 0 Å². The van der Waals surface area contributed by atoms with Crippen molar-refractivity contribution in [1.82, 2.24) is 0 Å². The van der Waals surface area contributed by atoms with E-state index in [1.54, 1.807) is 0 Å². The maximum absolute atomic E-state index is 5.59. The molecule has 1 unspecified atom stereocenters. The van der Waals surface area contributed by atoms with E-state index in [2.05, 4.69) is 59.1 Å². The van der Waals surface area contributed by atoms with Gasteiger partial charge in [-0.2, -0.15) is 0 Å². The van der Waals surface area contributed by atoms with Crippen LogP contribution in [0.2, 0.25) is 0 Å². The zero-order valence-electron chi connectivity index (χ0n) is 8.70. The molecule has 2 nitrogen and oxygen atoms in total. The zero-order chi connectivity index (χ0) is 10.6. The topological polar surface area (TPSA) is 29.3 Å². The molecular formula is C11H17BrN2. The third-order valence-electron chi connectivity index (χ3n) is 2.26. The molecule has 0 amide bonds. The molecule has 0 heterocycles. The average molecular weight is 257 g/mol. The zero-order valence-corrected chi connectivity index (χ0v) is 10.3. The van der Waals surface area contributed by atoms with Gasteiger partial charge in [0.15, 0.2) is 0 Å². The fraction of sp³-hybridized carbons (Fsp3) is 0.455. The molecule has 0 saturated carbocycles. The SMILES string of the molecule is CC(CN)CN(C)c1ccc(Br)cc1. The Labute approximate surface area is 94.2 Å². The van der Waals surface area contributed by atoms with Crippen molar-refractivity contribution in [2.75, 3.05) is 25.0 Å². The van der Waals surface area contributed by atoms with Crippen LogP contribution in [0.25, 0.3) is 0 Å². The molecule has 0 aliphatic carbocycles. The van der Waals surface area contributed by atoms with Crippen LogP contribution in [0.1, 0.15) is 6.92 Å². The molecule has 1 aromatic carbocycles. The van der Waals surface area contributed by atoms with Crippen LogP contribution in [-0.2, 0) is 0 Å². The van der Waals surface area contributed by atoms with Crippen LogP contribution in [0, 0.1) is 5.92 Å². The highest BCUT2D eigenvalue weighted by Gasteiger charge is 2.04. The van der Waals surface area contributed by atoms with Gasteiger partial charge in [0, 0.05) is 23.8 Å². The molecule has 14 heavy (non-hydrogen) atoms. The first-order valence-electron chi connectivity index (χ1n) is 4.80. The largest absolute Gasteiger partial charge is 0.374 e. The van der Waals surface area contributed by atoms with Gasteiger partial charge in [0.1, 0.15) is 0 Å². The lowest BCUT2D eigenvalue weighted by atomic mass is 10.1. The van der Waals surface area contributed by atoms with Crippen molar-refractivity contribution < 1.29 is 0 Å². The van der Waals surface area contributed by atoms with Crippen LogP contribution in [-0.4, -0.2) is 20.1 Å². The van der Waals surface area contributed by atoms with Crippen molar-refractivity contribution in [1.29, 1.82) is 0 Å². The number of rotatable bonds is 4. The van der Waals surface area contributed by atoms with Crippen LogP contribution in [0.4, 0.5) is 5.69 Å². The van der Waals surface area contributed by atoms with Crippen molar-refractivity contribution in [3.63, 3.8) is 0 Å². The Morgan fingerprint density at radius 3 is 2.43 bits per heavy atom. The Morgan fingerprint density at radius 1 is 1.36 bits per heavy atom. The minimum absolute atomic E-state index is 0.531. The van der Waals surface area contributed by atoms with Crippen molar-refractivity contribution in [2.24, 2.45) is 11.7 Å². The molecule has 1 atom stereocenters. The molecule has 0 bridgehead atoms. The first-order chi connectivity index (χ1) is 6.63. The van der Waals surface area contributed by atoms with Gasteiger partial charge in [0.05, 0.1) is 0 Å². The van der Waals surface area contributed by atoms with Crippen molar-refractivity contribution in [3.8, 4) is 0 Å². The molecule has 3 heteroatoms. The maximum atomic E-state index is 5.59. The smallest absolute Gasteiger partial charge is 0.0364 e. The van der Waals surface area contributed by atoms with E-state index in [4.69, 9.17) is 5.73 Å². The van der Waals surface area contributed by atoms with Crippen molar-refractivity contribution in [3.05, 3.63) is 28.7 Å². The second kappa shape index (κ2) is 5.37. The summed E-state index contributed by atoms with van der Waals surface area (Å²) in [5.74, 6) is 0.531. The van der Waals surface area contributed by atoms with E-state index in [0.717, 1.165) is 17.6 Å². The van der Waals surface area contributed by atoms with Gasteiger partial charge in [-0.3, -0.25) is 0 Å². The van der Waals surface area contributed by atoms with Gasteiger partial charge < -0.3 is 10.6 Å². The molecule has 0 spiro atoms. The molecule has 0 saturated heterocycles. The predicted molar refractivity (Wildman–Crippen MR) is 65.6 cm³/mol. The molecule has 78 valence electrons. The van der Waals surface area contributed by atoms with Crippen LogP contribution >= 0.6 is 15.9 Å². The third kappa shape index (κ3) is 3.31. The summed E-state index contributed by atoms with van der Waals surface area (Å²) in [4.78, 5) is 2.23. The first-order valence-corrected chi connectivity index (χ1v) is 5.59. The number of nitrogens with two attached hydrogens (primary N) is 1. The highest BCUT2D eigenvalue weighted by atomic mass is 79.9. The summed E-state index contributed by atoms with van der Waals surface area (Å²) < 4.78 is 1.11. The summed E-state index contributed by atoms with van der Waals surface area (Å²) in [5, 5.41) is 0. The second-order valence-corrected chi connectivity index (χ2v) is 4.61. The molecule has 0 aliphatic rings. The normalized spacial score (nSPS) is 12.6. The number of halogens is 1. The van der Waals surface area contributed by atoms with Gasteiger partial charge in [0.25, 0.3) is 0 Å². The first kappa shape index (κ1) is 11.5. The van der Waals surface area contributed by atoms with E-state index in [-0.39, 0.29) is 0 Å². The average Bonchev–Trinajstić information content (AvgIpc) is 2.18. The van der Waals surface area contributed by atoms with Crippen molar-refractivity contribution in [2.45, 2.75) is 6.92 Å². The fourth-order valence-electron chi connectivity index (χ4n) is 1.34. The van der Waals surface area contributed by atoms with Crippen LogP contribution in [0.15, 0.2) is 28.7 Å². The Kier molecular flexibility index (Phi) is 4.42. The van der Waals surface area contributed by atoms with Crippen molar-refractivity contribution >= 4 is 21.6 Å². The molecule has 0 aromatic heterocycles. The fourth-order valence-corrected chi connectivity index (χ4v) is 1.61. The molecule has 0 aliphatic heterocycles. The Morgan fingerprint density at radius 2 is 1.93 bits per heavy atom. The van der Waals surface area contributed by atoms with E-state index in [1.165, 1.54) is 5.69 Å². The van der Waals surface area contributed by atoms with Gasteiger partial charge in [-0.05, 0) is 36.7 Å². The van der Waals surface area contributed by atoms with E-state index in [1.807, 2.05) is 0 Å². The van der Waals surface area contributed by atoms with Gasteiger partial charge in [0.2, 0.25) is 0 Å².